The second-order valence-electron chi connectivity index (χ2n) is 14.2. The predicted octanol–water partition coefficient (Wildman–Crippen LogP) is 10.2. The molecule has 4 saturated carbocycles. The lowest BCUT2D eigenvalue weighted by atomic mass is 9.62. The summed E-state index contributed by atoms with van der Waals surface area (Å²) in [6.07, 6.45) is 27.6. The Kier molecular flexibility index (Phi) is 9.76. The molecule has 0 aromatic rings. The molecule has 4 fully saturated rings. The van der Waals surface area contributed by atoms with E-state index in [2.05, 4.69) is 44.5 Å². The van der Waals surface area contributed by atoms with Crippen molar-refractivity contribution < 1.29 is 0 Å². The highest BCUT2D eigenvalue weighted by atomic mass is 14.4. The highest BCUT2D eigenvalue weighted by Crippen LogP contribution is 2.50. The fourth-order valence-corrected chi connectivity index (χ4v) is 8.82. The van der Waals surface area contributed by atoms with Crippen molar-refractivity contribution in [1.82, 2.24) is 0 Å². The topological polar surface area (TPSA) is 0 Å². The predicted molar refractivity (Wildman–Crippen MR) is 152 cm³/mol. The van der Waals surface area contributed by atoms with Gasteiger partial charge in [-0.25, -0.2) is 0 Å². The first-order valence-electron chi connectivity index (χ1n) is 15.8. The summed E-state index contributed by atoms with van der Waals surface area (Å²) >= 11 is 0. The molecule has 0 heterocycles. The maximum Gasteiger partial charge on any atom is 0.0317 e. The van der Waals surface area contributed by atoms with Gasteiger partial charge in [0, 0.05) is 10.8 Å². The van der Waals surface area contributed by atoms with E-state index < -0.39 is 0 Å². The van der Waals surface area contributed by atoms with E-state index in [1.165, 1.54) is 116 Å². The Morgan fingerprint density at radius 3 is 1.46 bits per heavy atom. The Bertz CT molecular complexity index is 748. The van der Waals surface area contributed by atoms with Gasteiger partial charge in [0.05, 0.1) is 0 Å². The van der Waals surface area contributed by atoms with Gasteiger partial charge < -0.3 is 0 Å². The average Bonchev–Trinajstić information content (AvgIpc) is 2.85. The summed E-state index contributed by atoms with van der Waals surface area (Å²) in [5, 5.41) is 0. The molecule has 0 N–H and O–H groups in total. The van der Waals surface area contributed by atoms with Crippen molar-refractivity contribution in [1.29, 1.82) is 0 Å². The van der Waals surface area contributed by atoms with E-state index in [-0.39, 0.29) is 5.41 Å². The SMILES string of the molecule is CC#CC1(C)CCC(CC2(C#CC)CCC(CC3CCC(CC4CCC(C)CC4)CC3)CC2)CC1. The Morgan fingerprint density at radius 1 is 0.543 bits per heavy atom. The minimum Gasteiger partial charge on any atom is -0.106 e. The molecule has 35 heavy (non-hydrogen) atoms. The lowest BCUT2D eigenvalue weighted by molar-refractivity contribution is 0.117. The Balaban J connectivity index is 1.18. The first-order chi connectivity index (χ1) is 16.9. The van der Waals surface area contributed by atoms with E-state index in [1.807, 2.05) is 6.92 Å². The zero-order valence-electron chi connectivity index (χ0n) is 23.9. The molecule has 0 bridgehead atoms. The quantitative estimate of drug-likeness (QED) is 0.334. The van der Waals surface area contributed by atoms with Gasteiger partial charge in [-0.15, -0.1) is 11.8 Å². The molecular formula is C35H56. The minimum atomic E-state index is 0.278. The smallest absolute Gasteiger partial charge is 0.0317 e. The number of hydrogen-bond acceptors (Lipinski definition) is 0. The monoisotopic (exact) mass is 476 g/mol. The molecule has 0 spiro atoms. The maximum absolute atomic E-state index is 3.78. The summed E-state index contributed by atoms with van der Waals surface area (Å²) in [7, 11) is 0. The van der Waals surface area contributed by atoms with Gasteiger partial charge in [-0.05, 0) is 127 Å². The summed E-state index contributed by atoms with van der Waals surface area (Å²) in [6.45, 7) is 8.93. The summed E-state index contributed by atoms with van der Waals surface area (Å²) in [6, 6.07) is 0. The zero-order chi connectivity index (χ0) is 24.7. The van der Waals surface area contributed by atoms with Gasteiger partial charge in [0.1, 0.15) is 0 Å². The highest BCUT2D eigenvalue weighted by Gasteiger charge is 2.39. The van der Waals surface area contributed by atoms with Gasteiger partial charge in [-0.3, -0.25) is 0 Å². The van der Waals surface area contributed by atoms with Crippen LogP contribution in [0, 0.1) is 70.0 Å². The zero-order valence-corrected chi connectivity index (χ0v) is 23.9. The normalized spacial score (nSPS) is 42.3. The van der Waals surface area contributed by atoms with Gasteiger partial charge in [0.15, 0.2) is 0 Å². The van der Waals surface area contributed by atoms with Gasteiger partial charge in [0.2, 0.25) is 0 Å². The fraction of sp³-hybridized carbons (Fsp3) is 0.886. The molecule has 0 aromatic carbocycles. The number of hydrogen-bond donors (Lipinski definition) is 0. The maximum atomic E-state index is 3.78. The van der Waals surface area contributed by atoms with Crippen LogP contribution in [0.25, 0.3) is 0 Å². The fourth-order valence-electron chi connectivity index (χ4n) is 8.82. The van der Waals surface area contributed by atoms with Gasteiger partial charge >= 0.3 is 0 Å². The van der Waals surface area contributed by atoms with Crippen molar-refractivity contribution in [3.8, 4) is 23.7 Å². The van der Waals surface area contributed by atoms with Crippen LogP contribution in [0.4, 0.5) is 0 Å². The van der Waals surface area contributed by atoms with Crippen LogP contribution >= 0.6 is 0 Å². The highest BCUT2D eigenvalue weighted by molar-refractivity contribution is 5.14. The molecule has 4 aliphatic carbocycles. The summed E-state index contributed by atoms with van der Waals surface area (Å²) < 4.78 is 0. The van der Waals surface area contributed by atoms with E-state index >= 15 is 0 Å². The Labute approximate surface area is 219 Å². The van der Waals surface area contributed by atoms with Crippen molar-refractivity contribution >= 4 is 0 Å². The lowest BCUT2D eigenvalue weighted by Crippen LogP contribution is -2.32. The Morgan fingerprint density at radius 2 is 0.971 bits per heavy atom. The molecule has 0 unspecified atom stereocenters. The molecule has 0 aliphatic heterocycles. The van der Waals surface area contributed by atoms with Crippen LogP contribution in [0.1, 0.15) is 150 Å². The molecule has 196 valence electrons. The van der Waals surface area contributed by atoms with Crippen molar-refractivity contribution in [2.45, 2.75) is 150 Å². The molecule has 0 aromatic heterocycles. The van der Waals surface area contributed by atoms with Crippen LogP contribution in [-0.4, -0.2) is 0 Å². The lowest BCUT2D eigenvalue weighted by Gasteiger charge is -2.42. The van der Waals surface area contributed by atoms with E-state index in [0.717, 1.165) is 35.5 Å². The molecular weight excluding hydrogens is 420 g/mol. The molecule has 0 heteroatoms. The van der Waals surface area contributed by atoms with Crippen molar-refractivity contribution in [3.63, 3.8) is 0 Å². The molecule has 0 nitrogen and oxygen atoms in total. The van der Waals surface area contributed by atoms with E-state index in [0.29, 0.717) is 5.41 Å². The third kappa shape index (κ3) is 7.80. The third-order valence-corrected chi connectivity index (χ3v) is 11.2. The molecule has 0 radical (unpaired) electrons. The summed E-state index contributed by atoms with van der Waals surface area (Å²) in [4.78, 5) is 0. The van der Waals surface area contributed by atoms with Crippen molar-refractivity contribution in [2.24, 2.45) is 46.3 Å². The minimum absolute atomic E-state index is 0.278. The molecule has 0 saturated heterocycles. The molecule has 0 atom stereocenters. The van der Waals surface area contributed by atoms with Crippen LogP contribution in [0.2, 0.25) is 0 Å². The van der Waals surface area contributed by atoms with E-state index in [4.69, 9.17) is 0 Å². The molecule has 4 rings (SSSR count). The van der Waals surface area contributed by atoms with E-state index in [9.17, 15) is 0 Å². The van der Waals surface area contributed by atoms with Crippen LogP contribution < -0.4 is 0 Å². The van der Waals surface area contributed by atoms with Crippen LogP contribution in [0.3, 0.4) is 0 Å². The van der Waals surface area contributed by atoms with Crippen LogP contribution in [-0.2, 0) is 0 Å². The first kappa shape index (κ1) is 27.2. The van der Waals surface area contributed by atoms with E-state index in [1.54, 1.807) is 6.42 Å². The summed E-state index contributed by atoms with van der Waals surface area (Å²) in [5.74, 6) is 19.9. The number of rotatable bonds is 6. The Hall–Kier alpha value is -0.880. The summed E-state index contributed by atoms with van der Waals surface area (Å²) in [5.41, 5.74) is 0.607. The van der Waals surface area contributed by atoms with Gasteiger partial charge in [-0.2, -0.15) is 0 Å². The van der Waals surface area contributed by atoms with Crippen LogP contribution in [0.5, 0.6) is 0 Å². The third-order valence-electron chi connectivity index (χ3n) is 11.2. The van der Waals surface area contributed by atoms with Crippen LogP contribution in [0.15, 0.2) is 0 Å². The van der Waals surface area contributed by atoms with Crippen molar-refractivity contribution in [3.05, 3.63) is 0 Å². The molecule has 4 aliphatic rings. The molecule has 0 amide bonds. The van der Waals surface area contributed by atoms with Crippen molar-refractivity contribution in [2.75, 3.05) is 0 Å². The largest absolute Gasteiger partial charge is 0.106 e. The standard InChI is InChI=1S/C35H56/c1-5-19-34(4)21-15-33(16-22-34)27-35(20-6-2)23-17-32(18-24-35)26-31-13-11-30(12-14-31)25-29-9-7-28(3)8-10-29/h28-33H,7-18,21-27H2,1-4H3. The second kappa shape index (κ2) is 12.6. The first-order valence-corrected chi connectivity index (χ1v) is 15.8. The average molecular weight is 477 g/mol. The van der Waals surface area contributed by atoms with Gasteiger partial charge in [-0.1, -0.05) is 70.1 Å². The van der Waals surface area contributed by atoms with Gasteiger partial charge in [0.25, 0.3) is 0 Å². The second-order valence-corrected chi connectivity index (χ2v) is 14.2.